The maximum absolute atomic E-state index is 13.0. The number of rotatable bonds is 4. The summed E-state index contributed by atoms with van der Waals surface area (Å²) in [5, 5.41) is 9.60. The lowest BCUT2D eigenvalue weighted by molar-refractivity contribution is 0.245. The van der Waals surface area contributed by atoms with Gasteiger partial charge in [-0.3, -0.25) is 5.32 Å². The SMILES string of the molecule is O=C(Nc1nc2ccc(Oc3ccc(F)cc3)cc2s1)NC1CCNCC1. The molecule has 0 bridgehead atoms. The van der Waals surface area contributed by atoms with E-state index in [-0.39, 0.29) is 17.9 Å². The van der Waals surface area contributed by atoms with Gasteiger partial charge in [-0.1, -0.05) is 11.3 Å². The molecule has 0 atom stereocenters. The van der Waals surface area contributed by atoms with Gasteiger partial charge in [-0.25, -0.2) is 14.2 Å². The van der Waals surface area contributed by atoms with E-state index < -0.39 is 0 Å². The molecule has 2 amide bonds. The number of thiazole rings is 1. The van der Waals surface area contributed by atoms with Crippen LogP contribution in [0.3, 0.4) is 0 Å². The molecule has 0 radical (unpaired) electrons. The molecule has 1 saturated heterocycles. The topological polar surface area (TPSA) is 75.3 Å². The number of carbonyl (C=O) groups is 1. The number of fused-ring (bicyclic) bond motifs is 1. The summed E-state index contributed by atoms with van der Waals surface area (Å²) < 4.78 is 19.6. The first kappa shape index (κ1) is 17.7. The number of carbonyl (C=O) groups excluding carboxylic acids is 1. The lowest BCUT2D eigenvalue weighted by atomic mass is 10.1. The minimum absolute atomic E-state index is 0.191. The maximum atomic E-state index is 13.0. The van der Waals surface area contributed by atoms with Crippen molar-refractivity contribution in [3.05, 3.63) is 48.3 Å². The van der Waals surface area contributed by atoms with Crippen LogP contribution in [0.1, 0.15) is 12.8 Å². The number of aromatic nitrogens is 1. The van der Waals surface area contributed by atoms with Crippen LogP contribution in [0.15, 0.2) is 42.5 Å². The Morgan fingerprint density at radius 2 is 1.89 bits per heavy atom. The highest BCUT2D eigenvalue weighted by Crippen LogP contribution is 2.31. The zero-order chi connectivity index (χ0) is 18.6. The van der Waals surface area contributed by atoms with Crippen molar-refractivity contribution in [2.45, 2.75) is 18.9 Å². The molecule has 3 aromatic rings. The predicted octanol–water partition coefficient (Wildman–Crippen LogP) is 4.10. The Bertz CT molecular complexity index is 939. The van der Waals surface area contributed by atoms with Crippen molar-refractivity contribution in [3.8, 4) is 11.5 Å². The van der Waals surface area contributed by atoms with E-state index in [1.165, 1.54) is 23.5 Å². The van der Waals surface area contributed by atoms with E-state index in [1.807, 2.05) is 12.1 Å². The van der Waals surface area contributed by atoms with Crippen molar-refractivity contribution in [2.75, 3.05) is 18.4 Å². The number of nitrogens with zero attached hydrogens (tertiary/aromatic N) is 1. The van der Waals surface area contributed by atoms with Crippen molar-refractivity contribution >= 4 is 32.7 Å². The van der Waals surface area contributed by atoms with Crippen molar-refractivity contribution < 1.29 is 13.9 Å². The second-order valence-corrected chi connectivity index (χ2v) is 7.36. The summed E-state index contributed by atoms with van der Waals surface area (Å²) in [6.07, 6.45) is 1.86. The van der Waals surface area contributed by atoms with E-state index in [2.05, 4.69) is 20.9 Å². The van der Waals surface area contributed by atoms with Gasteiger partial charge in [-0.05, 0) is 62.3 Å². The van der Waals surface area contributed by atoms with Crippen molar-refractivity contribution in [3.63, 3.8) is 0 Å². The molecule has 2 heterocycles. The van der Waals surface area contributed by atoms with Gasteiger partial charge in [0.25, 0.3) is 0 Å². The number of hydrogen-bond donors (Lipinski definition) is 3. The zero-order valence-corrected chi connectivity index (χ0v) is 15.3. The van der Waals surface area contributed by atoms with Gasteiger partial charge in [0.1, 0.15) is 17.3 Å². The summed E-state index contributed by atoms with van der Waals surface area (Å²) in [6.45, 7) is 1.84. The van der Waals surface area contributed by atoms with E-state index in [0.29, 0.717) is 16.6 Å². The summed E-state index contributed by atoms with van der Waals surface area (Å²) in [5.41, 5.74) is 0.781. The fraction of sp³-hybridized carbons (Fsp3) is 0.263. The number of urea groups is 1. The quantitative estimate of drug-likeness (QED) is 0.631. The fourth-order valence-electron chi connectivity index (χ4n) is 2.95. The van der Waals surface area contributed by atoms with Crippen molar-refractivity contribution in [1.82, 2.24) is 15.6 Å². The number of amides is 2. The van der Waals surface area contributed by atoms with Crippen LogP contribution >= 0.6 is 11.3 Å². The first-order chi connectivity index (χ1) is 13.2. The van der Waals surface area contributed by atoms with E-state index in [9.17, 15) is 9.18 Å². The van der Waals surface area contributed by atoms with Crippen LogP contribution in [0.4, 0.5) is 14.3 Å². The van der Waals surface area contributed by atoms with Crippen LogP contribution in [-0.4, -0.2) is 30.1 Å². The van der Waals surface area contributed by atoms with Crippen LogP contribution in [0.5, 0.6) is 11.5 Å². The monoisotopic (exact) mass is 386 g/mol. The third-order valence-electron chi connectivity index (χ3n) is 4.30. The molecule has 6 nitrogen and oxygen atoms in total. The third kappa shape index (κ3) is 4.53. The van der Waals surface area contributed by atoms with Gasteiger partial charge in [0.05, 0.1) is 10.2 Å². The van der Waals surface area contributed by atoms with Crippen molar-refractivity contribution in [2.24, 2.45) is 0 Å². The number of hydrogen-bond acceptors (Lipinski definition) is 5. The van der Waals surface area contributed by atoms with E-state index in [0.717, 1.165) is 36.1 Å². The molecule has 0 saturated carbocycles. The van der Waals surface area contributed by atoms with Gasteiger partial charge in [0.15, 0.2) is 5.13 Å². The first-order valence-corrected chi connectivity index (χ1v) is 9.59. The summed E-state index contributed by atoms with van der Waals surface area (Å²) >= 11 is 1.38. The molecule has 140 valence electrons. The molecule has 0 aliphatic carbocycles. The molecule has 3 N–H and O–H groups in total. The third-order valence-corrected chi connectivity index (χ3v) is 5.24. The molecular formula is C19H19FN4O2S. The molecule has 0 spiro atoms. The normalized spacial score (nSPS) is 14.9. The highest BCUT2D eigenvalue weighted by molar-refractivity contribution is 7.22. The predicted molar refractivity (Wildman–Crippen MR) is 104 cm³/mol. The highest BCUT2D eigenvalue weighted by Gasteiger charge is 2.16. The summed E-state index contributed by atoms with van der Waals surface area (Å²) in [5.74, 6) is 0.877. The van der Waals surface area contributed by atoms with Gasteiger partial charge in [-0.2, -0.15) is 0 Å². The average Bonchev–Trinajstić information content (AvgIpc) is 3.05. The Balaban J connectivity index is 1.42. The van der Waals surface area contributed by atoms with Gasteiger partial charge >= 0.3 is 6.03 Å². The lowest BCUT2D eigenvalue weighted by Gasteiger charge is -2.23. The molecule has 27 heavy (non-hydrogen) atoms. The van der Waals surface area contributed by atoms with Gasteiger partial charge in [0, 0.05) is 12.1 Å². The molecule has 1 aliphatic heterocycles. The van der Waals surface area contributed by atoms with E-state index in [1.54, 1.807) is 18.2 Å². The Labute approximate surface area is 159 Å². The Morgan fingerprint density at radius 1 is 1.15 bits per heavy atom. The van der Waals surface area contributed by atoms with E-state index in [4.69, 9.17) is 4.74 Å². The lowest BCUT2D eigenvalue weighted by Crippen LogP contribution is -2.44. The average molecular weight is 386 g/mol. The smallest absolute Gasteiger partial charge is 0.321 e. The van der Waals surface area contributed by atoms with E-state index >= 15 is 0 Å². The Kier molecular flexibility index (Phi) is 5.17. The maximum Gasteiger partial charge on any atom is 0.321 e. The van der Waals surface area contributed by atoms with Crippen molar-refractivity contribution in [1.29, 1.82) is 0 Å². The molecule has 1 aliphatic rings. The minimum Gasteiger partial charge on any atom is -0.457 e. The molecule has 2 aromatic carbocycles. The van der Waals surface area contributed by atoms with Crippen LogP contribution in [-0.2, 0) is 0 Å². The summed E-state index contributed by atoms with van der Waals surface area (Å²) in [7, 11) is 0. The largest absolute Gasteiger partial charge is 0.457 e. The van der Waals surface area contributed by atoms with Crippen LogP contribution in [0.25, 0.3) is 10.2 Å². The standard InChI is InChI=1S/C19H19FN4O2S/c20-12-1-3-14(4-2-12)26-15-5-6-16-17(11-15)27-19(23-16)24-18(25)22-13-7-9-21-10-8-13/h1-6,11,13,21H,7-10H2,(H2,22,23,24,25). The number of halogens is 1. The first-order valence-electron chi connectivity index (χ1n) is 8.78. The Morgan fingerprint density at radius 3 is 2.67 bits per heavy atom. The Hall–Kier alpha value is -2.71. The number of nitrogens with one attached hydrogen (secondary N) is 3. The number of benzene rings is 2. The number of piperidine rings is 1. The van der Waals surface area contributed by atoms with Gasteiger partial charge < -0.3 is 15.4 Å². The highest BCUT2D eigenvalue weighted by atomic mass is 32.1. The second-order valence-electron chi connectivity index (χ2n) is 6.33. The second kappa shape index (κ2) is 7.89. The number of anilines is 1. The van der Waals surface area contributed by atoms with Crippen LogP contribution in [0.2, 0.25) is 0 Å². The fourth-order valence-corrected chi connectivity index (χ4v) is 3.83. The summed E-state index contributed by atoms with van der Waals surface area (Å²) in [4.78, 5) is 16.6. The zero-order valence-electron chi connectivity index (χ0n) is 14.5. The molecule has 4 rings (SSSR count). The molecule has 8 heteroatoms. The van der Waals surface area contributed by atoms with Gasteiger partial charge in [0.2, 0.25) is 0 Å². The molecular weight excluding hydrogens is 367 g/mol. The summed E-state index contributed by atoms with van der Waals surface area (Å²) in [6, 6.07) is 11.3. The van der Waals surface area contributed by atoms with Gasteiger partial charge in [-0.15, -0.1) is 0 Å². The van der Waals surface area contributed by atoms with Crippen LogP contribution in [0, 0.1) is 5.82 Å². The molecule has 1 aromatic heterocycles. The minimum atomic E-state index is -0.307. The molecule has 1 fully saturated rings. The van der Waals surface area contributed by atoms with Crippen LogP contribution < -0.4 is 20.7 Å². The molecule has 0 unspecified atom stereocenters. The number of ether oxygens (including phenoxy) is 1.